The van der Waals surface area contributed by atoms with Gasteiger partial charge in [0.05, 0.1) is 44.5 Å². The molecule has 11 aromatic carbocycles. The van der Waals surface area contributed by atoms with Gasteiger partial charge in [0.2, 0.25) is 0 Å². The molecular weight excluding hydrogens is 1150 g/mol. The lowest BCUT2D eigenvalue weighted by atomic mass is 9.74. The molecule has 0 aliphatic carbocycles. The van der Waals surface area contributed by atoms with Crippen molar-refractivity contribution in [3.63, 3.8) is 0 Å². The van der Waals surface area contributed by atoms with E-state index in [9.17, 15) is 0 Å². The monoisotopic (exact) mass is 1230 g/mol. The minimum Gasteiger partial charge on any atom is -0.331 e. The highest BCUT2D eigenvalue weighted by molar-refractivity contribution is 6.15. The number of rotatable bonds is 8. The van der Waals surface area contributed by atoms with Gasteiger partial charge in [-0.3, -0.25) is 0 Å². The minimum atomic E-state index is -1.13. The van der Waals surface area contributed by atoms with Gasteiger partial charge in [0, 0.05) is 93.0 Å². The molecule has 0 N–H and O–H groups in total. The molecule has 0 amide bonds. The van der Waals surface area contributed by atoms with Crippen LogP contribution in [0.4, 0.5) is 8.78 Å². The highest BCUT2D eigenvalue weighted by atomic mass is 19.1. The maximum atomic E-state index is 19.0. The maximum Gasteiger partial charge on any atom is 0.131 e. The van der Waals surface area contributed by atoms with E-state index in [-0.39, 0.29) is 33.3 Å². The Hall–Kier alpha value is -9.52. The largest absolute Gasteiger partial charge is 0.331 e. The topological polar surface area (TPSA) is 19.7 Å². The van der Waals surface area contributed by atoms with E-state index in [1.54, 1.807) is 24.3 Å². The van der Waals surface area contributed by atoms with Crippen LogP contribution in [0.2, 0.25) is 0 Å². The van der Waals surface area contributed by atoms with Gasteiger partial charge in [0.15, 0.2) is 0 Å². The fraction of sp³-hybridized carbons (Fsp3) is 0.250. The summed E-state index contributed by atoms with van der Waals surface area (Å²) in [6.07, 6.45) is 0. The van der Waals surface area contributed by atoms with Crippen LogP contribution in [0.3, 0.4) is 0 Å². The zero-order chi connectivity index (χ0) is 66.1. The van der Waals surface area contributed by atoms with Gasteiger partial charge in [-0.1, -0.05) is 217 Å². The summed E-state index contributed by atoms with van der Waals surface area (Å²) in [7, 11) is 0. The van der Waals surface area contributed by atoms with Crippen molar-refractivity contribution in [2.75, 3.05) is 0 Å². The SMILES string of the molecule is CC(C)(C)c1ccc2c(c1)c1cc(C(C)(C)C)ccc1n2-c1c(-c2ccccc2F)c(C(C)(C)n2c3ccccc3c3ccccc32)c(-c2ccccc2F)c(-n2c3ccc(C(C)(C)C)cc3c3cc(C(C)(C)C)ccc32)c1C(C)(C)n1c2ccccc2c2ccccc21. The van der Waals surface area contributed by atoms with Crippen molar-refractivity contribution < 1.29 is 8.78 Å². The van der Waals surface area contributed by atoms with Gasteiger partial charge in [0.25, 0.3) is 0 Å². The van der Waals surface area contributed by atoms with Crippen LogP contribution in [-0.2, 0) is 32.7 Å². The van der Waals surface area contributed by atoms with Crippen LogP contribution in [-0.4, -0.2) is 18.3 Å². The molecule has 470 valence electrons. The molecule has 0 saturated heterocycles. The van der Waals surface area contributed by atoms with Crippen molar-refractivity contribution >= 4 is 87.2 Å². The summed E-state index contributed by atoms with van der Waals surface area (Å²) in [6, 6.07) is 77.6. The molecule has 0 radical (unpaired) electrons. The molecule has 15 rings (SSSR count). The normalized spacial score (nSPS) is 13.2. The summed E-state index contributed by atoms with van der Waals surface area (Å²) in [5.74, 6) is -0.772. The van der Waals surface area contributed by atoms with E-state index in [1.807, 2.05) is 24.3 Å². The molecule has 0 atom stereocenters. The van der Waals surface area contributed by atoms with Crippen LogP contribution in [0.25, 0.3) is 121 Å². The molecule has 0 fully saturated rings. The highest BCUT2D eigenvalue weighted by Gasteiger charge is 2.45. The Morgan fingerprint density at radius 1 is 0.245 bits per heavy atom. The predicted molar refractivity (Wildman–Crippen MR) is 396 cm³/mol. The molecule has 4 aromatic heterocycles. The molecular formula is C88H84F2N4. The van der Waals surface area contributed by atoms with Gasteiger partial charge in [-0.05, 0) is 162 Å². The number of fused-ring (bicyclic) bond motifs is 12. The quantitative estimate of drug-likeness (QED) is 0.144. The molecule has 0 aliphatic rings. The van der Waals surface area contributed by atoms with E-state index < -0.39 is 11.1 Å². The number of para-hydroxylation sites is 4. The Labute approximate surface area is 551 Å². The van der Waals surface area contributed by atoms with Gasteiger partial charge in [-0.15, -0.1) is 0 Å². The third kappa shape index (κ3) is 9.16. The zero-order valence-corrected chi connectivity index (χ0v) is 57.3. The van der Waals surface area contributed by atoms with Crippen LogP contribution in [0, 0.1) is 11.6 Å². The molecule has 15 aromatic rings. The van der Waals surface area contributed by atoms with Crippen LogP contribution in [0.15, 0.2) is 218 Å². The minimum absolute atomic E-state index is 0.198. The maximum absolute atomic E-state index is 19.0. The van der Waals surface area contributed by atoms with E-state index in [2.05, 4.69) is 299 Å². The Balaban J connectivity index is 1.33. The van der Waals surface area contributed by atoms with E-state index in [4.69, 9.17) is 0 Å². The lowest BCUT2D eigenvalue weighted by Crippen LogP contribution is -2.35. The Kier molecular flexibility index (Phi) is 13.6. The number of aromatic nitrogens is 4. The fourth-order valence-electron chi connectivity index (χ4n) is 15.9. The lowest BCUT2D eigenvalue weighted by molar-refractivity contribution is 0.454. The first-order valence-electron chi connectivity index (χ1n) is 33.5. The molecule has 4 heterocycles. The van der Waals surface area contributed by atoms with Crippen LogP contribution >= 0.6 is 0 Å². The van der Waals surface area contributed by atoms with Gasteiger partial charge in [-0.2, -0.15) is 0 Å². The zero-order valence-electron chi connectivity index (χ0n) is 57.3. The average molecular weight is 1240 g/mol. The summed E-state index contributed by atoms with van der Waals surface area (Å²) in [5, 5.41) is 8.80. The molecule has 4 nitrogen and oxygen atoms in total. The third-order valence-electron chi connectivity index (χ3n) is 20.7. The van der Waals surface area contributed by atoms with Crippen molar-refractivity contribution in [2.24, 2.45) is 0 Å². The van der Waals surface area contributed by atoms with Crippen molar-refractivity contribution in [3.05, 3.63) is 263 Å². The van der Waals surface area contributed by atoms with Crippen LogP contribution in [0.5, 0.6) is 0 Å². The molecule has 0 unspecified atom stereocenters. The van der Waals surface area contributed by atoms with Crippen LogP contribution in [0.1, 0.15) is 144 Å². The summed E-state index contributed by atoms with van der Waals surface area (Å²) < 4.78 is 48.0. The standard InChI is InChI=1S/C88H84F2N4/c1-83(2,3)53-41-45-69-63(49-53)64-50-54(84(4,5)6)42-46-70(64)91(69)81-77(61-33-17-23-35-67(61)89)79(87(13,14)93-73-37-25-19-29-57(73)58-30-20-26-38-74(58)93)78(62-34-18-24-36-68(62)90)82(80(81)88(15,16)94-75-39-27-21-31-59(75)60-32-22-28-40-76(60)94)92-71-47-43-55(85(7,8)9)51-65(71)66-52-56(86(10,11)12)44-48-72(66)92/h17-52H,1-16H3. The number of halogens is 2. The van der Waals surface area contributed by atoms with E-state index in [1.165, 1.54) is 22.3 Å². The first kappa shape index (κ1) is 60.7. The fourth-order valence-corrected chi connectivity index (χ4v) is 15.9. The number of hydrogen-bond acceptors (Lipinski definition) is 0. The smallest absolute Gasteiger partial charge is 0.131 e. The molecule has 0 aliphatic heterocycles. The first-order chi connectivity index (χ1) is 44.6. The highest BCUT2D eigenvalue weighted by Crippen LogP contribution is 2.58. The third-order valence-corrected chi connectivity index (χ3v) is 20.7. The summed E-state index contributed by atoms with van der Waals surface area (Å²) in [5.41, 5.74) is 15.2. The van der Waals surface area contributed by atoms with E-state index in [0.717, 1.165) is 110 Å². The van der Waals surface area contributed by atoms with Crippen molar-refractivity contribution in [2.45, 2.75) is 144 Å². The van der Waals surface area contributed by atoms with Gasteiger partial charge in [0.1, 0.15) is 11.6 Å². The predicted octanol–water partition coefficient (Wildman–Crippen LogP) is 24.5. The second-order valence-electron chi connectivity index (χ2n) is 31.6. The van der Waals surface area contributed by atoms with Crippen molar-refractivity contribution in [1.29, 1.82) is 0 Å². The second-order valence-corrected chi connectivity index (χ2v) is 31.6. The summed E-state index contributed by atoms with van der Waals surface area (Å²) >= 11 is 0. The Morgan fingerprint density at radius 2 is 0.489 bits per heavy atom. The summed E-state index contributed by atoms with van der Waals surface area (Å²) in [6.45, 7) is 36.7. The van der Waals surface area contributed by atoms with Gasteiger partial charge in [-0.25, -0.2) is 8.78 Å². The number of hydrogen-bond donors (Lipinski definition) is 0. The summed E-state index contributed by atoms with van der Waals surface area (Å²) in [4.78, 5) is 0. The van der Waals surface area contributed by atoms with Gasteiger partial charge >= 0.3 is 0 Å². The molecule has 6 heteroatoms. The molecule has 0 spiro atoms. The van der Waals surface area contributed by atoms with Crippen molar-refractivity contribution in [1.82, 2.24) is 18.3 Å². The second kappa shape index (κ2) is 21.0. The van der Waals surface area contributed by atoms with Gasteiger partial charge < -0.3 is 18.3 Å². The Bertz CT molecular complexity index is 5150. The number of nitrogens with zero attached hydrogens (tertiary/aromatic N) is 4. The molecule has 94 heavy (non-hydrogen) atoms. The molecule has 0 bridgehead atoms. The Morgan fingerprint density at radius 3 is 0.755 bits per heavy atom. The average Bonchev–Trinajstić information content (AvgIpc) is 1.26. The van der Waals surface area contributed by atoms with E-state index >= 15 is 8.78 Å². The van der Waals surface area contributed by atoms with E-state index in [0.29, 0.717) is 22.3 Å². The number of benzene rings is 11. The molecule has 0 saturated carbocycles. The van der Waals surface area contributed by atoms with Crippen molar-refractivity contribution in [3.8, 4) is 33.6 Å². The first-order valence-corrected chi connectivity index (χ1v) is 33.5. The van der Waals surface area contributed by atoms with Crippen LogP contribution < -0.4 is 0 Å². The lowest BCUT2D eigenvalue weighted by Gasteiger charge is -2.42.